The summed E-state index contributed by atoms with van der Waals surface area (Å²) in [5.74, 6) is 0.448. The fraction of sp³-hybridized carbons (Fsp3) is 0.320. The highest BCUT2D eigenvalue weighted by Gasteiger charge is 2.19. The van der Waals surface area contributed by atoms with Crippen LogP contribution in [0.25, 0.3) is 5.69 Å². The number of rotatable bonds is 8. The van der Waals surface area contributed by atoms with E-state index < -0.39 is 0 Å². The van der Waals surface area contributed by atoms with Crippen LogP contribution in [0.15, 0.2) is 61.2 Å². The monoisotopic (exact) mass is 464 g/mol. The largest absolute Gasteiger partial charge is 0.493 e. The van der Waals surface area contributed by atoms with Crippen LogP contribution in [-0.4, -0.2) is 66.3 Å². The van der Waals surface area contributed by atoms with Crippen LogP contribution in [0.3, 0.4) is 0 Å². The van der Waals surface area contributed by atoms with Crippen LogP contribution >= 0.6 is 0 Å². The Morgan fingerprint density at radius 3 is 2.56 bits per heavy atom. The average molecular weight is 465 g/mol. The van der Waals surface area contributed by atoms with Crippen molar-refractivity contribution >= 4 is 11.8 Å². The van der Waals surface area contributed by atoms with Crippen molar-refractivity contribution < 1.29 is 23.8 Å². The zero-order valence-electron chi connectivity index (χ0n) is 19.3. The first-order valence-corrected chi connectivity index (χ1v) is 11.1. The predicted octanol–water partition coefficient (Wildman–Crippen LogP) is 2.61. The van der Waals surface area contributed by atoms with Crippen LogP contribution in [0.1, 0.15) is 28.9 Å². The van der Waals surface area contributed by atoms with E-state index in [1.807, 2.05) is 42.0 Å². The maximum Gasteiger partial charge on any atom is 0.260 e. The molecule has 0 unspecified atom stereocenters. The van der Waals surface area contributed by atoms with Crippen LogP contribution < -0.4 is 14.8 Å². The van der Waals surface area contributed by atoms with E-state index in [0.717, 1.165) is 11.3 Å². The Kier molecular flexibility index (Phi) is 7.44. The van der Waals surface area contributed by atoms with E-state index in [1.54, 1.807) is 35.6 Å². The molecule has 9 nitrogen and oxygen atoms in total. The number of imidazole rings is 1. The lowest BCUT2D eigenvalue weighted by atomic mass is 10.1. The molecule has 1 aliphatic rings. The van der Waals surface area contributed by atoms with E-state index >= 15 is 0 Å². The first-order valence-electron chi connectivity index (χ1n) is 11.1. The molecular formula is C25H28N4O5. The molecule has 1 aliphatic heterocycles. The van der Waals surface area contributed by atoms with Crippen molar-refractivity contribution in [2.75, 3.05) is 40.0 Å². The first kappa shape index (κ1) is 23.3. The van der Waals surface area contributed by atoms with Crippen LogP contribution in [0, 0.1) is 0 Å². The summed E-state index contributed by atoms with van der Waals surface area (Å²) in [6.07, 6.45) is 5.34. The van der Waals surface area contributed by atoms with Gasteiger partial charge in [0, 0.05) is 36.7 Å². The molecule has 4 rings (SSSR count). The molecule has 178 valence electrons. The van der Waals surface area contributed by atoms with Gasteiger partial charge < -0.3 is 29.0 Å². The first-order chi connectivity index (χ1) is 16.5. The number of methoxy groups -OCH3 is 1. The highest BCUT2D eigenvalue weighted by Crippen LogP contribution is 2.28. The number of benzene rings is 2. The van der Waals surface area contributed by atoms with Crippen LogP contribution in [0.2, 0.25) is 0 Å². The lowest BCUT2D eigenvalue weighted by Crippen LogP contribution is -2.43. The van der Waals surface area contributed by atoms with E-state index in [9.17, 15) is 9.59 Å². The van der Waals surface area contributed by atoms with Gasteiger partial charge in [0.15, 0.2) is 18.1 Å². The summed E-state index contributed by atoms with van der Waals surface area (Å²) >= 11 is 0. The molecule has 34 heavy (non-hydrogen) atoms. The number of carbonyl (C=O) groups is 2. The van der Waals surface area contributed by atoms with Crippen molar-refractivity contribution in [2.45, 2.75) is 13.0 Å². The maximum atomic E-state index is 12.8. The Bertz CT molecular complexity index is 1110. The molecular weight excluding hydrogens is 436 g/mol. The topological polar surface area (TPSA) is 94.9 Å². The second-order valence-electron chi connectivity index (χ2n) is 7.90. The Morgan fingerprint density at radius 1 is 1.12 bits per heavy atom. The van der Waals surface area contributed by atoms with Crippen molar-refractivity contribution in [3.63, 3.8) is 0 Å². The van der Waals surface area contributed by atoms with Gasteiger partial charge in [-0.3, -0.25) is 9.59 Å². The number of aromatic nitrogens is 2. The predicted molar refractivity (Wildman–Crippen MR) is 125 cm³/mol. The number of amides is 2. The van der Waals surface area contributed by atoms with Gasteiger partial charge in [0.25, 0.3) is 11.8 Å². The SMILES string of the molecule is COc1cc(C(=O)N[C@@H](C)c2ccc(-n3ccnc3)cc2)ccc1OCC(=O)N1CCOCC1. The van der Waals surface area contributed by atoms with Crippen molar-refractivity contribution in [3.8, 4) is 17.2 Å². The summed E-state index contributed by atoms with van der Waals surface area (Å²) in [7, 11) is 1.50. The molecule has 2 aromatic carbocycles. The number of morpholine rings is 1. The number of ether oxygens (including phenoxy) is 3. The molecule has 0 radical (unpaired) electrons. The Hall–Kier alpha value is -3.85. The minimum absolute atomic E-state index is 0.103. The molecule has 0 aliphatic carbocycles. The molecule has 2 heterocycles. The fourth-order valence-corrected chi connectivity index (χ4v) is 3.68. The molecule has 3 aromatic rings. The van der Waals surface area contributed by atoms with E-state index in [2.05, 4.69) is 10.3 Å². The van der Waals surface area contributed by atoms with Crippen molar-refractivity contribution in [1.29, 1.82) is 0 Å². The molecule has 0 spiro atoms. The number of nitrogens with zero attached hydrogens (tertiary/aromatic N) is 3. The molecule has 0 saturated carbocycles. The third-order valence-corrected chi connectivity index (χ3v) is 5.68. The highest BCUT2D eigenvalue weighted by atomic mass is 16.5. The Morgan fingerprint density at radius 2 is 1.88 bits per heavy atom. The minimum atomic E-state index is -0.236. The number of hydrogen-bond donors (Lipinski definition) is 1. The summed E-state index contributed by atoms with van der Waals surface area (Å²) < 4.78 is 18.2. The summed E-state index contributed by atoms with van der Waals surface area (Å²) in [6.45, 7) is 4.01. The smallest absolute Gasteiger partial charge is 0.260 e. The van der Waals surface area contributed by atoms with Gasteiger partial charge in [0.2, 0.25) is 0 Å². The van der Waals surface area contributed by atoms with E-state index in [4.69, 9.17) is 14.2 Å². The summed E-state index contributed by atoms with van der Waals surface area (Å²) in [5.41, 5.74) is 2.41. The Balaban J connectivity index is 1.36. The van der Waals surface area contributed by atoms with Gasteiger partial charge in [-0.1, -0.05) is 12.1 Å². The molecule has 1 N–H and O–H groups in total. The fourth-order valence-electron chi connectivity index (χ4n) is 3.68. The van der Waals surface area contributed by atoms with Crippen molar-refractivity contribution in [1.82, 2.24) is 19.8 Å². The normalized spacial score (nSPS) is 14.4. The maximum absolute atomic E-state index is 12.8. The third kappa shape index (κ3) is 5.55. The number of nitrogens with one attached hydrogen (secondary N) is 1. The van der Waals surface area contributed by atoms with Gasteiger partial charge in [-0.2, -0.15) is 0 Å². The second kappa shape index (κ2) is 10.8. The summed E-state index contributed by atoms with van der Waals surface area (Å²) in [4.78, 5) is 30.9. The van der Waals surface area contributed by atoms with E-state index in [0.29, 0.717) is 43.4 Å². The van der Waals surface area contributed by atoms with Gasteiger partial charge in [-0.25, -0.2) is 4.98 Å². The van der Waals surface area contributed by atoms with Gasteiger partial charge in [0.05, 0.1) is 32.7 Å². The second-order valence-corrected chi connectivity index (χ2v) is 7.90. The van der Waals surface area contributed by atoms with Crippen LogP contribution in [-0.2, 0) is 9.53 Å². The molecule has 1 aromatic heterocycles. The van der Waals surface area contributed by atoms with Gasteiger partial charge in [-0.15, -0.1) is 0 Å². The van der Waals surface area contributed by atoms with Crippen molar-refractivity contribution in [2.24, 2.45) is 0 Å². The average Bonchev–Trinajstić information content (AvgIpc) is 3.43. The molecule has 1 fully saturated rings. The summed E-state index contributed by atoms with van der Waals surface area (Å²) in [6, 6.07) is 12.6. The Labute approximate surface area is 198 Å². The van der Waals surface area contributed by atoms with Crippen LogP contribution in [0.5, 0.6) is 11.5 Å². The molecule has 9 heteroatoms. The molecule has 2 amide bonds. The van der Waals surface area contributed by atoms with E-state index in [1.165, 1.54) is 7.11 Å². The standard InChI is InChI=1S/C25H28N4O5/c1-18(19-3-6-21(7-4-19)29-10-9-26-17-29)27-25(31)20-5-8-22(23(15-20)32-2)34-16-24(30)28-11-13-33-14-12-28/h3-10,15,17-18H,11-14,16H2,1-2H3,(H,27,31)/t18-/m0/s1. The molecule has 1 atom stereocenters. The van der Waals surface area contributed by atoms with Gasteiger partial charge in [-0.05, 0) is 42.8 Å². The lowest BCUT2D eigenvalue weighted by molar-refractivity contribution is -0.137. The highest BCUT2D eigenvalue weighted by molar-refractivity contribution is 5.95. The molecule has 0 bridgehead atoms. The number of carbonyl (C=O) groups excluding carboxylic acids is 2. The number of hydrogen-bond acceptors (Lipinski definition) is 6. The summed E-state index contributed by atoms with van der Waals surface area (Å²) in [5, 5.41) is 3.00. The molecule has 1 saturated heterocycles. The minimum Gasteiger partial charge on any atom is -0.493 e. The van der Waals surface area contributed by atoms with Gasteiger partial charge in [0.1, 0.15) is 0 Å². The van der Waals surface area contributed by atoms with Gasteiger partial charge >= 0.3 is 0 Å². The van der Waals surface area contributed by atoms with Crippen molar-refractivity contribution in [3.05, 3.63) is 72.3 Å². The van der Waals surface area contributed by atoms with Crippen LogP contribution in [0.4, 0.5) is 0 Å². The third-order valence-electron chi connectivity index (χ3n) is 5.68. The lowest BCUT2D eigenvalue weighted by Gasteiger charge is -2.26. The zero-order valence-corrected chi connectivity index (χ0v) is 19.3. The zero-order chi connectivity index (χ0) is 23.9. The van der Waals surface area contributed by atoms with E-state index in [-0.39, 0.29) is 24.5 Å². The quantitative estimate of drug-likeness (QED) is 0.551.